The van der Waals surface area contributed by atoms with Crippen molar-refractivity contribution < 1.29 is 10.2 Å². The Morgan fingerprint density at radius 3 is 2.77 bits per heavy atom. The normalized spacial score (nSPS) is 15.3. The molecule has 0 amide bonds. The molecular weight excluding hydrogens is 194 g/mol. The molecule has 0 aromatic carbocycles. The number of halogens is 1. The Bertz CT molecular complexity index is 325. The molecule has 1 aromatic heterocycles. The van der Waals surface area contributed by atoms with Crippen LogP contribution in [0.1, 0.15) is 11.7 Å². The van der Waals surface area contributed by atoms with Crippen molar-refractivity contribution in [1.29, 1.82) is 0 Å². The van der Waals surface area contributed by atoms with Gasteiger partial charge in [0.05, 0.1) is 12.0 Å². The summed E-state index contributed by atoms with van der Waals surface area (Å²) >= 11 is 5.34. The minimum absolute atomic E-state index is 0.0754. The van der Waals surface area contributed by atoms with Crippen molar-refractivity contribution in [3.63, 3.8) is 0 Å². The molecule has 0 saturated heterocycles. The molecule has 1 rings (SSSR count). The van der Waals surface area contributed by atoms with Crippen molar-refractivity contribution >= 4 is 11.6 Å². The average molecular weight is 204 g/mol. The van der Waals surface area contributed by atoms with Crippen LogP contribution >= 0.6 is 11.6 Å². The lowest BCUT2D eigenvalue weighted by molar-refractivity contribution is 0.0326. The second-order valence-corrected chi connectivity index (χ2v) is 2.96. The van der Waals surface area contributed by atoms with E-state index in [2.05, 4.69) is 4.98 Å². The van der Waals surface area contributed by atoms with Gasteiger partial charge in [0.2, 0.25) is 5.56 Å². The van der Waals surface area contributed by atoms with Crippen LogP contribution in [0.3, 0.4) is 0 Å². The van der Waals surface area contributed by atoms with Crippen molar-refractivity contribution in [1.82, 2.24) is 4.98 Å². The van der Waals surface area contributed by atoms with E-state index in [4.69, 9.17) is 11.6 Å². The fraction of sp³-hybridized carbons (Fsp3) is 0.375. The molecule has 72 valence electrons. The zero-order valence-electron chi connectivity index (χ0n) is 6.77. The maximum Gasteiger partial charge on any atom is 0.248 e. The molecule has 2 unspecified atom stereocenters. The standard InChI is InChI=1S/C8H10ClNO3/c9-4-6(11)8(13)5-1-2-10-7(12)3-5/h1-3,6,8,11,13H,4H2,(H,10,12). The van der Waals surface area contributed by atoms with Gasteiger partial charge >= 0.3 is 0 Å². The third-order valence-electron chi connectivity index (χ3n) is 1.66. The van der Waals surface area contributed by atoms with Crippen LogP contribution in [-0.4, -0.2) is 27.2 Å². The number of H-pyrrole nitrogens is 1. The molecule has 4 nitrogen and oxygen atoms in total. The van der Waals surface area contributed by atoms with Crippen LogP contribution in [0.15, 0.2) is 23.1 Å². The predicted molar refractivity (Wildman–Crippen MR) is 48.7 cm³/mol. The first-order valence-electron chi connectivity index (χ1n) is 3.76. The van der Waals surface area contributed by atoms with Crippen molar-refractivity contribution in [2.24, 2.45) is 0 Å². The molecule has 3 N–H and O–H groups in total. The highest BCUT2D eigenvalue weighted by Gasteiger charge is 2.17. The van der Waals surface area contributed by atoms with E-state index in [9.17, 15) is 15.0 Å². The van der Waals surface area contributed by atoms with Gasteiger partial charge in [-0.1, -0.05) is 0 Å². The Morgan fingerprint density at radius 1 is 1.54 bits per heavy atom. The molecule has 0 aliphatic rings. The van der Waals surface area contributed by atoms with Crippen molar-refractivity contribution in [2.75, 3.05) is 5.88 Å². The molecule has 5 heteroatoms. The molecule has 1 heterocycles. The summed E-state index contributed by atoms with van der Waals surface area (Å²) in [5.41, 5.74) is 0.0372. The molecule has 0 saturated carbocycles. The van der Waals surface area contributed by atoms with Crippen LogP contribution in [0.25, 0.3) is 0 Å². The van der Waals surface area contributed by atoms with Crippen LogP contribution in [0.4, 0.5) is 0 Å². The first-order valence-corrected chi connectivity index (χ1v) is 4.29. The maximum atomic E-state index is 10.8. The van der Waals surface area contributed by atoms with E-state index in [-0.39, 0.29) is 11.4 Å². The van der Waals surface area contributed by atoms with Gasteiger partial charge in [0.25, 0.3) is 0 Å². The van der Waals surface area contributed by atoms with Crippen molar-refractivity contribution in [3.05, 3.63) is 34.2 Å². The summed E-state index contributed by atoms with van der Waals surface area (Å²) in [5, 5.41) is 18.6. The summed E-state index contributed by atoms with van der Waals surface area (Å²) in [6, 6.07) is 2.74. The molecule has 13 heavy (non-hydrogen) atoms. The highest BCUT2D eigenvalue weighted by molar-refractivity contribution is 6.18. The van der Waals surface area contributed by atoms with Crippen LogP contribution in [0, 0.1) is 0 Å². The lowest BCUT2D eigenvalue weighted by Crippen LogP contribution is -2.21. The maximum absolute atomic E-state index is 10.8. The highest BCUT2D eigenvalue weighted by Crippen LogP contribution is 2.15. The Balaban J connectivity index is 2.88. The van der Waals surface area contributed by atoms with Crippen LogP contribution in [-0.2, 0) is 0 Å². The summed E-state index contributed by atoms with van der Waals surface area (Å²) in [7, 11) is 0. The first kappa shape index (κ1) is 10.2. The topological polar surface area (TPSA) is 73.3 Å². The number of hydrogen-bond donors (Lipinski definition) is 3. The van der Waals surface area contributed by atoms with Crippen LogP contribution < -0.4 is 5.56 Å². The summed E-state index contributed by atoms with van der Waals surface area (Å²) < 4.78 is 0. The number of aliphatic hydroxyl groups excluding tert-OH is 2. The van der Waals surface area contributed by atoms with Gasteiger partial charge in [0.15, 0.2) is 0 Å². The third kappa shape index (κ3) is 2.55. The third-order valence-corrected chi connectivity index (χ3v) is 1.98. The summed E-state index contributed by atoms with van der Waals surface area (Å²) in [6.45, 7) is 0. The molecule has 0 aliphatic heterocycles. The largest absolute Gasteiger partial charge is 0.389 e. The number of aromatic nitrogens is 1. The van der Waals surface area contributed by atoms with E-state index in [1.54, 1.807) is 0 Å². The van der Waals surface area contributed by atoms with E-state index in [1.807, 2.05) is 0 Å². The summed E-state index contributed by atoms with van der Waals surface area (Å²) in [6.07, 6.45) is -0.759. The molecule has 0 aliphatic carbocycles. The number of aliphatic hydroxyl groups is 2. The van der Waals surface area contributed by atoms with Crippen molar-refractivity contribution in [2.45, 2.75) is 12.2 Å². The molecule has 0 spiro atoms. The zero-order chi connectivity index (χ0) is 9.84. The molecule has 0 radical (unpaired) electrons. The quantitative estimate of drug-likeness (QED) is 0.606. The molecule has 0 bridgehead atoms. The van der Waals surface area contributed by atoms with Crippen LogP contribution in [0.5, 0.6) is 0 Å². The molecule has 1 aromatic rings. The number of alkyl halides is 1. The Morgan fingerprint density at radius 2 is 2.23 bits per heavy atom. The SMILES string of the molecule is O=c1cc(C(O)C(O)CCl)cc[nH]1. The smallest absolute Gasteiger partial charge is 0.248 e. The fourth-order valence-electron chi connectivity index (χ4n) is 0.952. The van der Waals surface area contributed by atoms with E-state index >= 15 is 0 Å². The van der Waals surface area contributed by atoms with Gasteiger partial charge < -0.3 is 15.2 Å². The van der Waals surface area contributed by atoms with E-state index in [0.717, 1.165) is 0 Å². The van der Waals surface area contributed by atoms with E-state index in [0.29, 0.717) is 5.56 Å². The summed E-state index contributed by atoms with van der Waals surface area (Å²) in [4.78, 5) is 13.2. The summed E-state index contributed by atoms with van der Waals surface area (Å²) in [5.74, 6) is -0.0754. The minimum Gasteiger partial charge on any atom is -0.389 e. The molecule has 0 fully saturated rings. The Labute approximate surface area is 79.8 Å². The monoisotopic (exact) mass is 203 g/mol. The second-order valence-electron chi connectivity index (χ2n) is 2.65. The fourth-order valence-corrected chi connectivity index (χ4v) is 1.12. The first-order chi connectivity index (χ1) is 6.15. The number of aromatic amines is 1. The number of rotatable bonds is 3. The second kappa shape index (κ2) is 4.41. The Kier molecular flexibility index (Phi) is 3.48. The number of hydrogen-bond acceptors (Lipinski definition) is 3. The lowest BCUT2D eigenvalue weighted by Gasteiger charge is -2.14. The molecular formula is C8H10ClNO3. The number of nitrogens with one attached hydrogen (secondary N) is 1. The molecule has 2 atom stereocenters. The van der Waals surface area contributed by atoms with Crippen molar-refractivity contribution in [3.8, 4) is 0 Å². The minimum atomic E-state index is -1.11. The van der Waals surface area contributed by atoms with Gasteiger partial charge in [-0.05, 0) is 11.6 Å². The Hall–Kier alpha value is -0.840. The highest BCUT2D eigenvalue weighted by atomic mass is 35.5. The van der Waals surface area contributed by atoms with Gasteiger partial charge in [-0.25, -0.2) is 0 Å². The lowest BCUT2D eigenvalue weighted by atomic mass is 10.1. The van der Waals surface area contributed by atoms with Gasteiger partial charge in [-0.3, -0.25) is 4.79 Å². The average Bonchev–Trinajstić information content (AvgIpc) is 2.15. The van der Waals surface area contributed by atoms with Crippen LogP contribution in [0.2, 0.25) is 0 Å². The zero-order valence-corrected chi connectivity index (χ0v) is 7.53. The van der Waals surface area contributed by atoms with E-state index in [1.165, 1.54) is 18.3 Å². The van der Waals surface area contributed by atoms with Gasteiger partial charge in [0, 0.05) is 12.3 Å². The predicted octanol–water partition coefficient (Wildman–Crippen LogP) is 0.00800. The van der Waals surface area contributed by atoms with E-state index < -0.39 is 12.2 Å². The van der Waals surface area contributed by atoms with Gasteiger partial charge in [0.1, 0.15) is 6.10 Å². The van der Waals surface area contributed by atoms with Gasteiger partial charge in [-0.15, -0.1) is 11.6 Å². The number of pyridine rings is 1. The van der Waals surface area contributed by atoms with Gasteiger partial charge in [-0.2, -0.15) is 0 Å².